The number of amidine groups is 1. The zero-order chi connectivity index (χ0) is 7.28. The van der Waals surface area contributed by atoms with Crippen LogP contribution in [0.25, 0.3) is 0 Å². The van der Waals surface area contributed by atoms with Crippen LogP contribution in [0.3, 0.4) is 0 Å². The molecule has 0 unspecified atom stereocenters. The Morgan fingerprint density at radius 2 is 2.33 bits per heavy atom. The van der Waals surface area contributed by atoms with Crippen LogP contribution in [0.5, 0.6) is 0 Å². The number of hydrogen-bond acceptors (Lipinski definition) is 3. The molecule has 3 N–H and O–H groups in total. The van der Waals surface area contributed by atoms with Crippen molar-refractivity contribution < 1.29 is 9.53 Å². The minimum atomic E-state index is -0.337. The van der Waals surface area contributed by atoms with E-state index >= 15 is 0 Å². The van der Waals surface area contributed by atoms with Crippen molar-refractivity contribution in [3.63, 3.8) is 0 Å². The summed E-state index contributed by atoms with van der Waals surface area (Å²) in [5.74, 6) is -0.299. The van der Waals surface area contributed by atoms with E-state index in [0.717, 1.165) is 0 Å². The summed E-state index contributed by atoms with van der Waals surface area (Å²) in [4.78, 5) is 10.1. The lowest BCUT2D eigenvalue weighted by Gasteiger charge is -1.97. The third-order valence-electron chi connectivity index (χ3n) is 0.677. The molecule has 0 aliphatic rings. The van der Waals surface area contributed by atoms with Gasteiger partial charge in [-0.3, -0.25) is 10.2 Å². The molecule has 9 heavy (non-hydrogen) atoms. The summed E-state index contributed by atoms with van der Waals surface area (Å²) in [6.45, 7) is 1.53. The molecule has 0 fully saturated rings. The maximum atomic E-state index is 10.1. The van der Waals surface area contributed by atoms with Crippen LogP contribution in [0, 0.1) is 5.41 Å². The smallest absolute Gasteiger partial charge is 0.302 e. The van der Waals surface area contributed by atoms with E-state index in [1.54, 1.807) is 0 Å². The van der Waals surface area contributed by atoms with Crippen molar-refractivity contribution in [2.24, 2.45) is 5.73 Å². The van der Waals surface area contributed by atoms with Crippen molar-refractivity contribution >= 4 is 11.8 Å². The molecule has 0 radical (unpaired) electrons. The topological polar surface area (TPSA) is 76.2 Å². The van der Waals surface area contributed by atoms with Crippen LogP contribution in [0.2, 0.25) is 0 Å². The third-order valence-corrected chi connectivity index (χ3v) is 0.677. The van der Waals surface area contributed by atoms with Gasteiger partial charge in [0.1, 0.15) is 0 Å². The minimum Gasteiger partial charge on any atom is -0.465 e. The molecule has 0 heterocycles. The number of esters is 1. The van der Waals surface area contributed by atoms with Gasteiger partial charge in [-0.2, -0.15) is 0 Å². The Kier molecular flexibility index (Phi) is 3.43. The van der Waals surface area contributed by atoms with E-state index in [1.807, 2.05) is 0 Å². The number of ether oxygens (including phenoxy) is 1. The average Bonchev–Trinajstić information content (AvgIpc) is 1.63. The van der Waals surface area contributed by atoms with Gasteiger partial charge >= 0.3 is 5.97 Å². The minimum absolute atomic E-state index is 0.0382. The summed E-state index contributed by atoms with van der Waals surface area (Å²) >= 11 is 0. The van der Waals surface area contributed by atoms with Crippen LogP contribution in [0.15, 0.2) is 0 Å². The van der Waals surface area contributed by atoms with Gasteiger partial charge in [0.2, 0.25) is 0 Å². The van der Waals surface area contributed by atoms with Crippen molar-refractivity contribution in [2.75, 3.05) is 6.61 Å². The zero-order valence-corrected chi connectivity index (χ0v) is 5.31. The number of nitrogens with one attached hydrogen (secondary N) is 1. The lowest BCUT2D eigenvalue weighted by atomic mass is 10.4. The summed E-state index contributed by atoms with van der Waals surface area (Å²) in [6.07, 6.45) is 0.319. The Labute approximate surface area is 53.5 Å². The number of nitrogens with two attached hydrogens (primary N) is 1. The molecule has 0 saturated carbocycles. The van der Waals surface area contributed by atoms with Crippen molar-refractivity contribution in [2.45, 2.75) is 13.3 Å². The van der Waals surface area contributed by atoms with Crippen LogP contribution in [-0.2, 0) is 9.53 Å². The van der Waals surface area contributed by atoms with E-state index in [0.29, 0.717) is 6.42 Å². The Balaban J connectivity index is 3.10. The first-order chi connectivity index (χ1) is 4.13. The number of carbonyl (C=O) groups is 1. The second-order valence-corrected chi connectivity index (χ2v) is 1.62. The summed E-state index contributed by atoms with van der Waals surface area (Å²) in [5, 5.41) is 6.73. The molecule has 0 aliphatic carbocycles. The Bertz CT molecular complexity index is 108. The van der Waals surface area contributed by atoms with Gasteiger partial charge in [-0.15, -0.1) is 0 Å². The molecule has 4 heteroatoms. The Morgan fingerprint density at radius 3 is 2.67 bits per heavy atom. The van der Waals surface area contributed by atoms with Gasteiger partial charge in [-0.25, -0.2) is 0 Å². The molecule has 0 amide bonds. The lowest BCUT2D eigenvalue weighted by molar-refractivity contribution is -0.140. The lowest BCUT2D eigenvalue weighted by Crippen LogP contribution is -2.13. The molecule has 0 aliphatic heterocycles. The predicted octanol–water partition coefficient (Wildman–Crippen LogP) is -0.124. The third kappa shape index (κ3) is 6.94. The first kappa shape index (κ1) is 7.94. The molecular formula is C5H10N2O2. The fourth-order valence-corrected chi connectivity index (χ4v) is 0.305. The quantitative estimate of drug-likeness (QED) is 0.317. The molecule has 0 aromatic heterocycles. The van der Waals surface area contributed by atoms with Crippen molar-refractivity contribution in [3.8, 4) is 0 Å². The molecular weight excluding hydrogens is 120 g/mol. The van der Waals surface area contributed by atoms with Crippen LogP contribution >= 0.6 is 0 Å². The van der Waals surface area contributed by atoms with E-state index in [-0.39, 0.29) is 18.4 Å². The fourth-order valence-electron chi connectivity index (χ4n) is 0.305. The van der Waals surface area contributed by atoms with E-state index in [2.05, 4.69) is 4.74 Å². The summed E-state index contributed by atoms with van der Waals surface area (Å²) in [7, 11) is 0. The SMILES string of the molecule is CC(=O)OCCC(=N)N. The standard InChI is InChI=1S/C5H10N2O2/c1-4(8)9-3-2-5(6)7/h2-3H2,1H3,(H3,6,7). The summed E-state index contributed by atoms with van der Waals surface area (Å²) in [5.41, 5.74) is 4.97. The highest BCUT2D eigenvalue weighted by Gasteiger charge is 1.92. The first-order valence-corrected chi connectivity index (χ1v) is 2.59. The first-order valence-electron chi connectivity index (χ1n) is 2.59. The Hall–Kier alpha value is -1.06. The van der Waals surface area contributed by atoms with Crippen LogP contribution in [0.4, 0.5) is 0 Å². The van der Waals surface area contributed by atoms with E-state index in [1.165, 1.54) is 6.92 Å². The highest BCUT2D eigenvalue weighted by atomic mass is 16.5. The largest absolute Gasteiger partial charge is 0.465 e. The number of rotatable bonds is 3. The predicted molar refractivity (Wildman–Crippen MR) is 33.2 cm³/mol. The van der Waals surface area contributed by atoms with Gasteiger partial charge in [0, 0.05) is 13.3 Å². The average molecular weight is 130 g/mol. The van der Waals surface area contributed by atoms with Gasteiger partial charge < -0.3 is 10.5 Å². The van der Waals surface area contributed by atoms with Gasteiger partial charge in [-0.1, -0.05) is 0 Å². The second-order valence-electron chi connectivity index (χ2n) is 1.62. The monoisotopic (exact) mass is 130 g/mol. The van der Waals surface area contributed by atoms with Gasteiger partial charge in [-0.05, 0) is 0 Å². The summed E-state index contributed by atoms with van der Waals surface area (Å²) < 4.78 is 4.49. The molecule has 0 bridgehead atoms. The van der Waals surface area contributed by atoms with Crippen molar-refractivity contribution in [1.29, 1.82) is 5.41 Å². The van der Waals surface area contributed by atoms with E-state index < -0.39 is 0 Å². The maximum Gasteiger partial charge on any atom is 0.302 e. The molecule has 0 aromatic rings. The second kappa shape index (κ2) is 3.88. The van der Waals surface area contributed by atoms with Crippen molar-refractivity contribution in [1.82, 2.24) is 0 Å². The molecule has 0 saturated heterocycles. The normalized spacial score (nSPS) is 8.56. The van der Waals surface area contributed by atoms with Gasteiger partial charge in [0.05, 0.1) is 12.4 Å². The van der Waals surface area contributed by atoms with Gasteiger partial charge in [0.25, 0.3) is 0 Å². The number of carbonyl (C=O) groups excluding carboxylic acids is 1. The molecule has 0 atom stereocenters. The Morgan fingerprint density at radius 1 is 1.78 bits per heavy atom. The molecule has 0 aromatic carbocycles. The molecule has 4 nitrogen and oxygen atoms in total. The molecule has 0 rings (SSSR count). The maximum absolute atomic E-state index is 10.1. The van der Waals surface area contributed by atoms with E-state index in [9.17, 15) is 4.79 Å². The highest BCUT2D eigenvalue weighted by molar-refractivity contribution is 5.77. The van der Waals surface area contributed by atoms with E-state index in [4.69, 9.17) is 11.1 Å². The zero-order valence-electron chi connectivity index (χ0n) is 5.31. The van der Waals surface area contributed by atoms with Gasteiger partial charge in [0.15, 0.2) is 0 Å². The molecule has 52 valence electrons. The molecule has 0 spiro atoms. The highest BCUT2D eigenvalue weighted by Crippen LogP contribution is 1.80. The number of hydrogen-bond donors (Lipinski definition) is 2. The van der Waals surface area contributed by atoms with Crippen molar-refractivity contribution in [3.05, 3.63) is 0 Å². The van der Waals surface area contributed by atoms with Crippen LogP contribution in [-0.4, -0.2) is 18.4 Å². The fraction of sp³-hybridized carbons (Fsp3) is 0.600. The van der Waals surface area contributed by atoms with Crippen LogP contribution < -0.4 is 5.73 Å². The van der Waals surface area contributed by atoms with Crippen LogP contribution in [0.1, 0.15) is 13.3 Å². The summed E-state index contributed by atoms with van der Waals surface area (Å²) in [6, 6.07) is 0.